The Kier molecular flexibility index (Phi) is 4.94. The molecule has 1 aliphatic heterocycles. The van der Waals surface area contributed by atoms with Gasteiger partial charge in [-0.3, -0.25) is 9.80 Å². The molecule has 112 valence electrons. The van der Waals surface area contributed by atoms with Gasteiger partial charge in [-0.2, -0.15) is 0 Å². The minimum Gasteiger partial charge on any atom is -0.477 e. The Balaban J connectivity index is 2.37. The highest BCUT2D eigenvalue weighted by molar-refractivity contribution is 6.01. The van der Waals surface area contributed by atoms with Gasteiger partial charge in [0.05, 0.1) is 17.9 Å². The normalized spacial score (nSPS) is 16.8. The number of carbonyl (C=O) groups excluding carboxylic acids is 1. The average molecular weight is 288 g/mol. The Morgan fingerprint density at radius 1 is 1.52 bits per heavy atom. The summed E-state index contributed by atoms with van der Waals surface area (Å²) in [4.78, 5) is 16.1. The highest BCUT2D eigenvalue weighted by Crippen LogP contribution is 2.26. The van der Waals surface area contributed by atoms with E-state index < -0.39 is 6.29 Å². The molecule has 1 aromatic carbocycles. The predicted octanol–water partition coefficient (Wildman–Crippen LogP) is 1.40. The summed E-state index contributed by atoms with van der Waals surface area (Å²) in [7, 11) is 1.78. The van der Waals surface area contributed by atoms with Crippen LogP contribution in [0, 0.1) is 0 Å². The number of nitrogens with one attached hydrogen (secondary N) is 2. The third-order valence-electron chi connectivity index (χ3n) is 3.02. The summed E-state index contributed by atoms with van der Waals surface area (Å²) >= 11 is 0. The van der Waals surface area contributed by atoms with Gasteiger partial charge in [0.1, 0.15) is 0 Å². The van der Waals surface area contributed by atoms with Crippen molar-refractivity contribution < 1.29 is 9.53 Å². The maximum Gasteiger partial charge on any atom is 0.246 e. The molecule has 0 fully saturated rings. The van der Waals surface area contributed by atoms with E-state index in [1.807, 2.05) is 31.2 Å². The first kappa shape index (κ1) is 15.1. The predicted molar refractivity (Wildman–Crippen MR) is 82.9 cm³/mol. The zero-order valence-corrected chi connectivity index (χ0v) is 12.3. The average Bonchev–Trinajstić information content (AvgIpc) is 2.52. The van der Waals surface area contributed by atoms with Crippen LogP contribution in [0.5, 0.6) is 0 Å². The van der Waals surface area contributed by atoms with E-state index in [-0.39, 0.29) is 5.91 Å². The summed E-state index contributed by atoms with van der Waals surface area (Å²) < 4.78 is 5.72. The SMILES string of the molecule is C=CC(=O)NC1N=C(OCCC)c2ccccc2N1NC. The molecule has 1 atom stereocenters. The van der Waals surface area contributed by atoms with Crippen molar-refractivity contribution in [3.05, 3.63) is 42.5 Å². The van der Waals surface area contributed by atoms with E-state index in [0.29, 0.717) is 12.5 Å². The van der Waals surface area contributed by atoms with Crippen LogP contribution < -0.4 is 15.8 Å². The Bertz CT molecular complexity index is 556. The third-order valence-corrected chi connectivity index (χ3v) is 3.02. The zero-order chi connectivity index (χ0) is 15.2. The number of amides is 1. The highest BCUT2D eigenvalue weighted by Gasteiger charge is 2.28. The summed E-state index contributed by atoms with van der Waals surface area (Å²) in [5, 5.41) is 4.53. The molecule has 1 aromatic rings. The molecular formula is C15H20N4O2. The molecule has 2 N–H and O–H groups in total. The van der Waals surface area contributed by atoms with Crippen molar-refractivity contribution in [3.8, 4) is 0 Å². The van der Waals surface area contributed by atoms with Crippen LogP contribution in [0.1, 0.15) is 18.9 Å². The number of ether oxygens (including phenoxy) is 1. The van der Waals surface area contributed by atoms with Gasteiger partial charge < -0.3 is 10.1 Å². The molecule has 1 unspecified atom stereocenters. The van der Waals surface area contributed by atoms with E-state index in [1.165, 1.54) is 6.08 Å². The first-order valence-corrected chi connectivity index (χ1v) is 6.90. The second-order valence-electron chi connectivity index (χ2n) is 4.48. The third kappa shape index (κ3) is 3.22. The summed E-state index contributed by atoms with van der Waals surface area (Å²) in [6.45, 7) is 6.07. The molecule has 0 aliphatic carbocycles. The van der Waals surface area contributed by atoms with Gasteiger partial charge in [-0.05, 0) is 24.6 Å². The molecule has 0 saturated carbocycles. The molecule has 6 nitrogen and oxygen atoms in total. The molecule has 1 amide bonds. The highest BCUT2D eigenvalue weighted by atomic mass is 16.5. The van der Waals surface area contributed by atoms with Crippen molar-refractivity contribution >= 4 is 17.5 Å². The largest absolute Gasteiger partial charge is 0.477 e. The fourth-order valence-corrected chi connectivity index (χ4v) is 2.07. The Morgan fingerprint density at radius 3 is 2.95 bits per heavy atom. The van der Waals surface area contributed by atoms with Crippen molar-refractivity contribution in [2.24, 2.45) is 4.99 Å². The van der Waals surface area contributed by atoms with Crippen LogP contribution in [0.25, 0.3) is 0 Å². The van der Waals surface area contributed by atoms with Gasteiger partial charge in [0.2, 0.25) is 18.1 Å². The van der Waals surface area contributed by atoms with Crippen LogP contribution in [-0.4, -0.2) is 31.7 Å². The van der Waals surface area contributed by atoms with Gasteiger partial charge in [0, 0.05) is 7.05 Å². The maximum atomic E-state index is 11.6. The van der Waals surface area contributed by atoms with Crippen LogP contribution in [0.2, 0.25) is 0 Å². The summed E-state index contributed by atoms with van der Waals surface area (Å²) in [6.07, 6.45) is 1.53. The lowest BCUT2D eigenvalue weighted by Gasteiger charge is -2.35. The molecule has 1 aliphatic rings. The molecule has 0 saturated heterocycles. The van der Waals surface area contributed by atoms with E-state index in [2.05, 4.69) is 22.3 Å². The van der Waals surface area contributed by atoms with E-state index in [1.54, 1.807) is 12.1 Å². The second kappa shape index (κ2) is 6.90. The Morgan fingerprint density at radius 2 is 2.29 bits per heavy atom. The van der Waals surface area contributed by atoms with Gasteiger partial charge >= 0.3 is 0 Å². The lowest BCUT2D eigenvalue weighted by atomic mass is 10.1. The van der Waals surface area contributed by atoms with E-state index >= 15 is 0 Å². The molecule has 0 radical (unpaired) electrons. The number of para-hydroxylation sites is 1. The fraction of sp³-hybridized carbons (Fsp3) is 0.333. The number of aliphatic imine (C=N–C) groups is 1. The van der Waals surface area contributed by atoms with Crippen molar-refractivity contribution in [1.29, 1.82) is 0 Å². The van der Waals surface area contributed by atoms with Crippen LogP contribution in [0.3, 0.4) is 0 Å². The zero-order valence-electron chi connectivity index (χ0n) is 12.3. The molecule has 6 heteroatoms. The lowest BCUT2D eigenvalue weighted by Crippen LogP contribution is -2.54. The van der Waals surface area contributed by atoms with E-state index in [0.717, 1.165) is 17.7 Å². The fourth-order valence-electron chi connectivity index (χ4n) is 2.07. The van der Waals surface area contributed by atoms with Gasteiger partial charge in [0.15, 0.2) is 0 Å². The number of fused-ring (bicyclic) bond motifs is 1. The molecule has 0 spiro atoms. The van der Waals surface area contributed by atoms with Gasteiger partial charge in [0.25, 0.3) is 0 Å². The van der Waals surface area contributed by atoms with Gasteiger partial charge in [-0.1, -0.05) is 25.6 Å². The number of rotatable bonds is 5. The number of hydrogen-bond donors (Lipinski definition) is 2. The van der Waals surface area contributed by atoms with Gasteiger partial charge in [-0.15, -0.1) is 0 Å². The summed E-state index contributed by atoms with van der Waals surface area (Å²) in [5.74, 6) is 0.242. The quantitative estimate of drug-likeness (QED) is 0.804. The molecule has 0 bridgehead atoms. The van der Waals surface area contributed by atoms with Crippen molar-refractivity contribution in [2.75, 3.05) is 18.7 Å². The van der Waals surface area contributed by atoms with E-state index in [9.17, 15) is 4.79 Å². The molecule has 1 heterocycles. The topological polar surface area (TPSA) is 66.0 Å². The Hall–Kier alpha value is -2.34. The Labute approximate surface area is 124 Å². The standard InChI is InChI=1S/C15H20N4O2/c1-4-10-21-14-11-8-6-7-9-12(11)19(16-3)15(18-14)17-13(20)5-2/h5-9,15-16H,2,4,10H2,1,3H3,(H,17,20). The van der Waals surface area contributed by atoms with E-state index in [4.69, 9.17) is 4.74 Å². The molecule has 2 rings (SSSR count). The number of benzene rings is 1. The summed E-state index contributed by atoms with van der Waals surface area (Å²) in [5.41, 5.74) is 4.83. The number of hydrogen-bond acceptors (Lipinski definition) is 5. The first-order chi connectivity index (χ1) is 10.2. The number of hydrazine groups is 1. The van der Waals surface area contributed by atoms with Crippen LogP contribution in [0.15, 0.2) is 41.9 Å². The van der Waals surface area contributed by atoms with Crippen molar-refractivity contribution in [3.63, 3.8) is 0 Å². The number of nitrogens with zero attached hydrogens (tertiary/aromatic N) is 2. The smallest absolute Gasteiger partial charge is 0.246 e. The molecule has 0 aromatic heterocycles. The van der Waals surface area contributed by atoms with Crippen molar-refractivity contribution in [1.82, 2.24) is 10.7 Å². The minimum absolute atomic E-state index is 0.293. The lowest BCUT2D eigenvalue weighted by molar-refractivity contribution is -0.117. The van der Waals surface area contributed by atoms with Crippen LogP contribution >= 0.6 is 0 Å². The van der Waals surface area contributed by atoms with Crippen molar-refractivity contribution in [2.45, 2.75) is 19.6 Å². The second-order valence-corrected chi connectivity index (χ2v) is 4.48. The minimum atomic E-state index is -0.581. The van der Waals surface area contributed by atoms with Crippen LogP contribution in [0.4, 0.5) is 5.69 Å². The summed E-state index contributed by atoms with van der Waals surface area (Å²) in [6, 6.07) is 7.75. The van der Waals surface area contributed by atoms with Crippen LogP contribution in [-0.2, 0) is 9.53 Å². The maximum absolute atomic E-state index is 11.6. The molecule has 21 heavy (non-hydrogen) atoms. The number of carbonyl (C=O) groups is 1. The molecular weight excluding hydrogens is 268 g/mol. The van der Waals surface area contributed by atoms with Gasteiger partial charge in [-0.25, -0.2) is 10.4 Å². The first-order valence-electron chi connectivity index (χ1n) is 6.90. The number of anilines is 1. The monoisotopic (exact) mass is 288 g/mol.